The van der Waals surface area contributed by atoms with Crippen molar-refractivity contribution in [1.82, 2.24) is 4.72 Å². The summed E-state index contributed by atoms with van der Waals surface area (Å²) in [4.78, 5) is 13.0. The Morgan fingerprint density at radius 3 is 2.00 bits per heavy atom. The van der Waals surface area contributed by atoms with E-state index in [-0.39, 0.29) is 16.6 Å². The van der Waals surface area contributed by atoms with Crippen LogP contribution in [0.4, 0.5) is 10.1 Å². The number of hydrogen-bond donors (Lipinski definition) is 2. The number of ether oxygens (including phenoxy) is 2. The average molecular weight is 487 g/mol. The van der Waals surface area contributed by atoms with Crippen molar-refractivity contribution in [3.05, 3.63) is 72.5 Å². The number of sulfonamides is 1. The summed E-state index contributed by atoms with van der Waals surface area (Å²) in [6.07, 6.45) is 0. The van der Waals surface area contributed by atoms with Gasteiger partial charge in [-0.25, -0.2) is 12.8 Å². The van der Waals surface area contributed by atoms with Crippen LogP contribution in [0.25, 0.3) is 11.1 Å². The van der Waals surface area contributed by atoms with E-state index in [1.165, 1.54) is 38.5 Å². The lowest BCUT2D eigenvalue weighted by Gasteiger charge is -2.22. The smallest absolute Gasteiger partial charge is 0.242 e. The van der Waals surface area contributed by atoms with Gasteiger partial charge in [-0.05, 0) is 53.4 Å². The predicted octanol–water partition coefficient (Wildman–Crippen LogP) is 4.45. The number of nitrogens with one attached hydrogen (secondary N) is 2. The summed E-state index contributed by atoms with van der Waals surface area (Å²) in [5, 5.41) is 2.73. The Hall–Kier alpha value is -3.43. The zero-order chi connectivity index (χ0) is 24.9. The van der Waals surface area contributed by atoms with Gasteiger partial charge < -0.3 is 14.8 Å². The highest BCUT2D eigenvalue weighted by molar-refractivity contribution is 7.89. The molecule has 0 saturated heterocycles. The van der Waals surface area contributed by atoms with E-state index >= 15 is 0 Å². The van der Waals surface area contributed by atoms with Gasteiger partial charge in [0, 0.05) is 6.07 Å². The van der Waals surface area contributed by atoms with Crippen LogP contribution >= 0.6 is 0 Å². The van der Waals surface area contributed by atoms with Crippen molar-refractivity contribution in [3.63, 3.8) is 0 Å². The molecule has 0 heterocycles. The van der Waals surface area contributed by atoms with Crippen molar-refractivity contribution in [2.75, 3.05) is 19.5 Å². The third kappa shape index (κ3) is 5.92. The van der Waals surface area contributed by atoms with Crippen molar-refractivity contribution in [2.24, 2.45) is 5.92 Å². The summed E-state index contributed by atoms with van der Waals surface area (Å²) in [5.41, 5.74) is 1.89. The monoisotopic (exact) mass is 486 g/mol. The number of benzene rings is 3. The van der Waals surface area contributed by atoms with Crippen molar-refractivity contribution < 1.29 is 27.1 Å². The minimum Gasteiger partial charge on any atom is -0.497 e. The van der Waals surface area contributed by atoms with Gasteiger partial charge in [-0.3, -0.25) is 4.79 Å². The van der Waals surface area contributed by atoms with Crippen LogP contribution in [0, 0.1) is 11.7 Å². The van der Waals surface area contributed by atoms with E-state index in [1.54, 1.807) is 56.3 Å². The van der Waals surface area contributed by atoms with E-state index in [2.05, 4.69) is 10.0 Å². The highest BCUT2D eigenvalue weighted by Crippen LogP contribution is 2.29. The molecular formula is C25H27FN2O5S. The van der Waals surface area contributed by atoms with Crippen LogP contribution in [-0.4, -0.2) is 34.6 Å². The minimum atomic E-state index is -4.00. The normalized spacial score (nSPS) is 12.3. The SMILES string of the molecule is COc1ccc(NC(=O)C(NS(=O)(=O)c2ccc(-c3ccc(F)cc3)cc2)C(C)C)c(OC)c1. The average Bonchev–Trinajstić information content (AvgIpc) is 2.83. The fraction of sp³-hybridized carbons (Fsp3) is 0.240. The van der Waals surface area contributed by atoms with Gasteiger partial charge in [-0.2, -0.15) is 4.72 Å². The molecule has 180 valence electrons. The molecule has 0 aromatic heterocycles. The Morgan fingerprint density at radius 2 is 1.47 bits per heavy atom. The largest absolute Gasteiger partial charge is 0.497 e. The maximum atomic E-state index is 13.2. The molecular weight excluding hydrogens is 459 g/mol. The fourth-order valence-electron chi connectivity index (χ4n) is 3.31. The molecule has 9 heteroatoms. The van der Waals surface area contributed by atoms with Crippen LogP contribution in [0.1, 0.15) is 13.8 Å². The number of halogens is 1. The second kappa shape index (κ2) is 10.7. The molecule has 0 aliphatic rings. The Balaban J connectivity index is 1.79. The molecule has 3 aromatic rings. The number of rotatable bonds is 9. The van der Waals surface area contributed by atoms with Gasteiger partial charge in [0.25, 0.3) is 0 Å². The highest BCUT2D eigenvalue weighted by atomic mass is 32.2. The van der Waals surface area contributed by atoms with Gasteiger partial charge >= 0.3 is 0 Å². The highest BCUT2D eigenvalue weighted by Gasteiger charge is 2.29. The molecule has 1 atom stereocenters. The lowest BCUT2D eigenvalue weighted by Crippen LogP contribution is -2.47. The standard InChI is InChI=1S/C25H27FN2O5S/c1-16(2)24(25(29)27-22-14-11-20(32-3)15-23(22)33-4)28-34(30,31)21-12-7-18(8-13-21)17-5-9-19(26)10-6-17/h5-16,24,28H,1-4H3,(H,27,29). The number of carbonyl (C=O) groups is 1. The summed E-state index contributed by atoms with van der Waals surface area (Å²) in [7, 11) is -1.02. The van der Waals surface area contributed by atoms with Crippen LogP contribution in [0.15, 0.2) is 71.6 Å². The van der Waals surface area contributed by atoms with Crippen molar-refractivity contribution in [2.45, 2.75) is 24.8 Å². The molecule has 3 aromatic carbocycles. The molecule has 0 fully saturated rings. The summed E-state index contributed by atoms with van der Waals surface area (Å²) in [6, 6.07) is 15.9. The lowest BCUT2D eigenvalue weighted by molar-refractivity contribution is -0.118. The summed E-state index contributed by atoms with van der Waals surface area (Å²) >= 11 is 0. The van der Waals surface area contributed by atoms with Crippen LogP contribution < -0.4 is 19.5 Å². The number of carbonyl (C=O) groups excluding carboxylic acids is 1. The van der Waals surface area contributed by atoms with Crippen molar-refractivity contribution >= 4 is 21.6 Å². The summed E-state index contributed by atoms with van der Waals surface area (Å²) < 4.78 is 52.2. The lowest BCUT2D eigenvalue weighted by atomic mass is 10.0. The van der Waals surface area contributed by atoms with Gasteiger partial charge in [-0.1, -0.05) is 38.1 Å². The van der Waals surface area contributed by atoms with Crippen molar-refractivity contribution in [3.8, 4) is 22.6 Å². The van der Waals surface area contributed by atoms with Crippen molar-refractivity contribution in [1.29, 1.82) is 0 Å². The van der Waals surface area contributed by atoms with Crippen LogP contribution in [0.5, 0.6) is 11.5 Å². The quantitative estimate of drug-likeness (QED) is 0.466. The van der Waals surface area contributed by atoms with E-state index in [4.69, 9.17) is 9.47 Å². The van der Waals surface area contributed by atoms with E-state index in [9.17, 15) is 17.6 Å². The zero-order valence-corrected chi connectivity index (χ0v) is 20.1. The molecule has 0 aliphatic heterocycles. The van der Waals surface area contributed by atoms with E-state index in [1.807, 2.05) is 0 Å². The maximum absolute atomic E-state index is 13.2. The predicted molar refractivity (Wildman–Crippen MR) is 129 cm³/mol. The summed E-state index contributed by atoms with van der Waals surface area (Å²) in [5.74, 6) is -0.269. The first-order chi connectivity index (χ1) is 16.1. The molecule has 3 rings (SSSR count). The molecule has 0 bridgehead atoms. The maximum Gasteiger partial charge on any atom is 0.242 e. The van der Waals surface area contributed by atoms with Crippen LogP contribution in [0.3, 0.4) is 0 Å². The molecule has 0 spiro atoms. The topological polar surface area (TPSA) is 93.7 Å². The van der Waals surface area contributed by atoms with Gasteiger partial charge in [-0.15, -0.1) is 0 Å². The zero-order valence-electron chi connectivity index (χ0n) is 19.3. The molecule has 1 amide bonds. The first-order valence-corrected chi connectivity index (χ1v) is 12.0. The Morgan fingerprint density at radius 1 is 0.882 bits per heavy atom. The van der Waals surface area contributed by atoms with Gasteiger partial charge in [0.1, 0.15) is 23.4 Å². The van der Waals surface area contributed by atoms with Crippen LogP contribution in [-0.2, 0) is 14.8 Å². The second-order valence-electron chi connectivity index (χ2n) is 7.93. The number of anilines is 1. The Bertz CT molecular complexity index is 1240. The Kier molecular flexibility index (Phi) is 7.90. The molecule has 7 nitrogen and oxygen atoms in total. The van der Waals surface area contributed by atoms with Gasteiger partial charge in [0.05, 0.1) is 24.8 Å². The molecule has 0 radical (unpaired) electrons. The fourth-order valence-corrected chi connectivity index (χ4v) is 4.65. The molecule has 0 saturated carbocycles. The summed E-state index contributed by atoms with van der Waals surface area (Å²) in [6.45, 7) is 3.49. The molecule has 34 heavy (non-hydrogen) atoms. The molecule has 0 aliphatic carbocycles. The minimum absolute atomic E-state index is 0.0128. The Labute approximate surface area is 199 Å². The van der Waals surface area contributed by atoms with E-state index in [0.717, 1.165) is 11.1 Å². The van der Waals surface area contributed by atoms with E-state index in [0.29, 0.717) is 17.2 Å². The third-order valence-electron chi connectivity index (χ3n) is 5.24. The first kappa shape index (κ1) is 25.2. The number of amides is 1. The van der Waals surface area contributed by atoms with Crippen LogP contribution in [0.2, 0.25) is 0 Å². The third-order valence-corrected chi connectivity index (χ3v) is 6.70. The second-order valence-corrected chi connectivity index (χ2v) is 9.64. The molecule has 2 N–H and O–H groups in total. The first-order valence-electron chi connectivity index (χ1n) is 10.6. The number of methoxy groups -OCH3 is 2. The molecule has 1 unspecified atom stereocenters. The van der Waals surface area contributed by atoms with Gasteiger partial charge in [0.15, 0.2) is 0 Å². The van der Waals surface area contributed by atoms with E-state index < -0.39 is 22.0 Å². The van der Waals surface area contributed by atoms with Gasteiger partial charge in [0.2, 0.25) is 15.9 Å². The number of hydrogen-bond acceptors (Lipinski definition) is 5.